The lowest BCUT2D eigenvalue weighted by molar-refractivity contribution is -0.318. The maximum absolute atomic E-state index is 16.2. The fraction of sp³-hybridized carbons (Fsp3) is 0.885. The highest BCUT2D eigenvalue weighted by atomic mass is 19.1. The number of amides is 1. The topological polar surface area (TPSA) is 267 Å². The van der Waals surface area contributed by atoms with Gasteiger partial charge < -0.3 is 74.4 Å². The summed E-state index contributed by atoms with van der Waals surface area (Å²) in [5, 5.41) is 88.5. The number of nitrogens with one attached hydrogen (secondary N) is 1. The summed E-state index contributed by atoms with van der Waals surface area (Å²) in [4.78, 5) is 45.6. The number of nitrogens with zero attached hydrogens (tertiary/aromatic N) is 2. The number of cyclic esters (lactones) is 1. The van der Waals surface area contributed by atoms with Crippen LogP contribution in [0.2, 0.25) is 0 Å². The summed E-state index contributed by atoms with van der Waals surface area (Å²) in [7, 11) is 5.21. The van der Waals surface area contributed by atoms with Crippen molar-refractivity contribution >= 4 is 17.7 Å². The predicted molar refractivity (Wildman–Crippen MR) is 299 cm³/mol. The molecule has 7 rings (SSSR count). The van der Waals surface area contributed by atoms with Crippen LogP contribution in [0.3, 0.4) is 0 Å². The molecule has 0 aromatic carbocycles. The molecule has 20 heteroatoms. The van der Waals surface area contributed by atoms with E-state index in [4.69, 9.17) is 28.4 Å². The van der Waals surface area contributed by atoms with Gasteiger partial charge in [-0.05, 0) is 149 Å². The van der Waals surface area contributed by atoms with Crippen molar-refractivity contribution in [3.8, 4) is 0 Å². The number of fused-ring (bicyclic) bond motifs is 5. The fourth-order valence-corrected chi connectivity index (χ4v) is 16.7. The van der Waals surface area contributed by atoms with E-state index in [1.165, 1.54) is 26.2 Å². The molecule has 6 fully saturated rings. The number of allylic oxidation sites excluding steroid dienone is 4. The van der Waals surface area contributed by atoms with Crippen molar-refractivity contribution in [1.29, 1.82) is 0 Å². The number of carbonyl (C=O) groups excluding carboxylic acids is 3. The molecule has 0 spiro atoms. The van der Waals surface area contributed by atoms with E-state index in [9.17, 15) is 50.1 Å². The number of hydrogen-bond acceptors (Lipinski definition) is 18. The highest BCUT2D eigenvalue weighted by molar-refractivity contribution is 6.01. The quantitative estimate of drug-likeness (QED) is 0.101. The Morgan fingerprint density at radius 3 is 2.20 bits per heavy atom. The maximum Gasteiger partial charge on any atom is 0.311 e. The molecule has 4 aliphatic carbocycles. The van der Waals surface area contributed by atoms with Crippen LogP contribution in [0.25, 0.3) is 0 Å². The molecule has 1 amide bonds. The lowest BCUT2D eigenvalue weighted by atomic mass is 9.46. The van der Waals surface area contributed by atoms with Crippen LogP contribution < -0.4 is 5.32 Å². The summed E-state index contributed by atoms with van der Waals surface area (Å²) >= 11 is 0. The number of ether oxygens (including phenoxy) is 6. The van der Waals surface area contributed by atoms with Crippen molar-refractivity contribution in [2.75, 3.05) is 40.8 Å². The molecular formula is C61H102FN3O16. The van der Waals surface area contributed by atoms with Crippen LogP contribution in [0.15, 0.2) is 23.8 Å². The number of ketones is 1. The van der Waals surface area contributed by atoms with Crippen molar-refractivity contribution < 1.29 is 82.9 Å². The van der Waals surface area contributed by atoms with E-state index in [0.29, 0.717) is 24.8 Å². The summed E-state index contributed by atoms with van der Waals surface area (Å²) in [6, 6.07) is -1.16. The van der Waals surface area contributed by atoms with Crippen molar-refractivity contribution in [1.82, 2.24) is 15.1 Å². The molecule has 81 heavy (non-hydrogen) atoms. The zero-order chi connectivity index (χ0) is 60.4. The number of esters is 1. The maximum atomic E-state index is 16.2. The smallest absolute Gasteiger partial charge is 0.311 e. The first-order valence-corrected chi connectivity index (χ1v) is 30.1. The summed E-state index contributed by atoms with van der Waals surface area (Å²) < 4.78 is 54.4. The molecule has 8 N–H and O–H groups in total. The molecule has 0 aromatic rings. The van der Waals surface area contributed by atoms with Gasteiger partial charge in [-0.15, -0.1) is 0 Å². The standard InChI is InChI=1S/C61H102FN3O16/c1-17-45-60(13,74)50(69)36(7)65(22-18-21-63-55(72)61(75)32(3)23-40-39-26-42(62)41-25-38(66)19-20-56(41,9)47(39)44(67)28-57(40,61)10)30-31(2)27-58(11,73)52(81-54-48(68)43(64(14)15)24-33(4)77-54)34(5)49(35(6)53(71)79-45)80-46-29-59(12,76-16)51(70)37(8)78-46/h19-20,25,31-37,39-40,42-52,54,67-70,73-75H,17-18,21-24,26-30H2,1-16H3,(H,63,72)/t31-,32-,33-,34+,35-,36-,37+,39+,40+,42+,43+,44+,45-,46+,47-,48-,49+,50-,51+,52-,54+,56+,57+,58-,59-,60-,61+/m1/s1. The average Bonchev–Trinajstić information content (AvgIpc) is 3.69. The van der Waals surface area contributed by atoms with E-state index in [-0.39, 0.29) is 87.4 Å². The number of hydrogen-bond donors (Lipinski definition) is 8. The number of likely N-dealkylation sites (N-methyl/N-ethyl adjacent to an activating group) is 1. The minimum atomic E-state index is -2.01. The number of methoxy groups -OCH3 is 1. The third-order valence-electron chi connectivity index (χ3n) is 21.3. The SMILES string of the molecule is CC[C@H]1OC(=O)[C@H](C)[C@@H](O[C@H]2C[C@@](C)(OC)[C@@H](O)[C@H](C)O2)[C@H](C)[C@@H](O[C@@H]2O[C@H](C)C[C@H](N(C)C)[C@H]2O)[C@](C)(O)C[C@@H](C)CN(CCCNC(=O)[C@@]2(O)[C@H](C)C[C@H]3[C@@H]4C[C@H](F)C5=CC(=O)C=C[C@]5(C)[C@H]4[C@@H](O)C[C@@]32C)[C@H](C)[C@@H](O)[C@]1(C)O. The Bertz CT molecular complexity index is 2290. The van der Waals surface area contributed by atoms with Gasteiger partial charge in [0.25, 0.3) is 5.91 Å². The Balaban J connectivity index is 1.16. The minimum Gasteiger partial charge on any atom is -0.459 e. The summed E-state index contributed by atoms with van der Waals surface area (Å²) in [5.41, 5.74) is -8.40. The molecule has 0 unspecified atom stereocenters. The van der Waals surface area contributed by atoms with E-state index in [1.807, 2.05) is 58.5 Å². The Hall–Kier alpha value is -2.54. The fourth-order valence-electron chi connectivity index (χ4n) is 16.7. The van der Waals surface area contributed by atoms with E-state index >= 15 is 4.39 Å². The van der Waals surface area contributed by atoms with E-state index in [2.05, 4.69) is 5.32 Å². The van der Waals surface area contributed by atoms with Crippen LogP contribution >= 0.6 is 0 Å². The third kappa shape index (κ3) is 12.3. The third-order valence-corrected chi connectivity index (χ3v) is 21.3. The van der Waals surface area contributed by atoms with Gasteiger partial charge in [0.05, 0.1) is 47.6 Å². The molecule has 3 saturated carbocycles. The average molecular weight is 1150 g/mol. The Morgan fingerprint density at radius 2 is 1.57 bits per heavy atom. The summed E-state index contributed by atoms with van der Waals surface area (Å²) in [6.07, 6.45) is -6.76. The summed E-state index contributed by atoms with van der Waals surface area (Å²) in [6.45, 7) is 23.3. The molecule has 3 heterocycles. The number of carbonyl (C=O) groups is 3. The Morgan fingerprint density at radius 1 is 0.901 bits per heavy atom. The number of aliphatic hydroxyl groups is 7. The first-order chi connectivity index (χ1) is 37.5. The second-order valence-electron chi connectivity index (χ2n) is 27.5. The molecule has 7 aliphatic rings. The highest BCUT2D eigenvalue weighted by Crippen LogP contribution is 2.68. The number of alkyl halides is 1. The first kappa shape index (κ1) is 66.0. The molecule has 0 radical (unpaired) electrons. The number of aliphatic hydroxyl groups excluding tert-OH is 4. The molecule has 0 bridgehead atoms. The zero-order valence-corrected chi connectivity index (χ0v) is 51.2. The van der Waals surface area contributed by atoms with E-state index in [0.717, 1.165) is 0 Å². The van der Waals surface area contributed by atoms with Crippen LogP contribution in [0.5, 0.6) is 0 Å². The van der Waals surface area contributed by atoms with Crippen LogP contribution in [-0.4, -0.2) is 212 Å². The molecular weight excluding hydrogens is 1050 g/mol. The molecule has 27 atom stereocenters. The van der Waals surface area contributed by atoms with E-state index < -0.39 is 142 Å². The second kappa shape index (κ2) is 24.7. The lowest BCUT2D eigenvalue weighted by Gasteiger charge is -2.60. The van der Waals surface area contributed by atoms with Gasteiger partial charge in [-0.1, -0.05) is 47.6 Å². The molecule has 464 valence electrons. The highest BCUT2D eigenvalue weighted by Gasteiger charge is 2.71. The molecule has 3 saturated heterocycles. The van der Waals surface area contributed by atoms with E-state index in [1.54, 1.807) is 54.5 Å². The summed E-state index contributed by atoms with van der Waals surface area (Å²) in [5.74, 6) is -5.64. The predicted octanol–water partition coefficient (Wildman–Crippen LogP) is 3.98. The molecule has 19 nitrogen and oxygen atoms in total. The number of rotatable bonds is 12. The van der Waals surface area contributed by atoms with Gasteiger partial charge in [-0.2, -0.15) is 0 Å². The van der Waals surface area contributed by atoms with Gasteiger partial charge in [-0.3, -0.25) is 19.3 Å². The van der Waals surface area contributed by atoms with Gasteiger partial charge in [-0.25, -0.2) is 4.39 Å². The van der Waals surface area contributed by atoms with Crippen molar-refractivity contribution in [3.05, 3.63) is 23.8 Å². The van der Waals surface area contributed by atoms with Gasteiger partial charge in [0.2, 0.25) is 0 Å². The normalized spacial score (nSPS) is 50.3. The lowest BCUT2D eigenvalue weighted by Crippen LogP contribution is -2.65. The monoisotopic (exact) mass is 1150 g/mol. The van der Waals surface area contributed by atoms with Crippen molar-refractivity contribution in [2.24, 2.45) is 52.3 Å². The van der Waals surface area contributed by atoms with Crippen LogP contribution in [0.1, 0.15) is 141 Å². The van der Waals surface area contributed by atoms with Crippen molar-refractivity contribution in [2.45, 2.75) is 250 Å². The Labute approximate surface area is 480 Å². The first-order valence-electron chi connectivity index (χ1n) is 30.1. The zero-order valence-electron chi connectivity index (χ0n) is 51.2. The van der Waals surface area contributed by atoms with Crippen LogP contribution in [0.4, 0.5) is 4.39 Å². The van der Waals surface area contributed by atoms with Crippen molar-refractivity contribution in [3.63, 3.8) is 0 Å². The van der Waals surface area contributed by atoms with Gasteiger partial charge in [0.15, 0.2) is 24.0 Å². The Kier molecular flexibility index (Phi) is 20.1. The second-order valence-corrected chi connectivity index (χ2v) is 27.5. The van der Waals surface area contributed by atoms with Gasteiger partial charge >= 0.3 is 5.97 Å². The minimum absolute atomic E-state index is 0.0656. The number of halogens is 1. The largest absolute Gasteiger partial charge is 0.459 e. The molecule has 3 aliphatic heterocycles. The van der Waals surface area contributed by atoms with Gasteiger partial charge in [0, 0.05) is 67.9 Å². The van der Waals surface area contributed by atoms with Crippen LogP contribution in [0, 0.1) is 52.3 Å². The molecule has 0 aromatic heterocycles. The van der Waals surface area contributed by atoms with Gasteiger partial charge in [0.1, 0.15) is 36.2 Å². The van der Waals surface area contributed by atoms with Crippen LogP contribution in [-0.2, 0) is 42.8 Å².